The second kappa shape index (κ2) is 5.98. The molecule has 0 spiro atoms. The first-order valence-corrected chi connectivity index (χ1v) is 7.72. The Morgan fingerprint density at radius 3 is 2.57 bits per heavy atom. The van der Waals surface area contributed by atoms with Crippen molar-refractivity contribution in [1.82, 2.24) is 5.32 Å². The van der Waals surface area contributed by atoms with Crippen molar-refractivity contribution in [3.8, 4) is 0 Å². The van der Waals surface area contributed by atoms with E-state index in [9.17, 15) is 4.39 Å². The van der Waals surface area contributed by atoms with Gasteiger partial charge in [0.15, 0.2) is 0 Å². The smallest absolute Gasteiger partial charge is 0.123 e. The van der Waals surface area contributed by atoms with Crippen LogP contribution >= 0.6 is 0 Å². The molecule has 2 heteroatoms. The van der Waals surface area contributed by atoms with Crippen molar-refractivity contribution in [2.45, 2.75) is 38.1 Å². The molecule has 3 rings (SSSR count). The van der Waals surface area contributed by atoms with Gasteiger partial charge < -0.3 is 5.32 Å². The molecule has 1 nitrogen and oxygen atoms in total. The molecule has 1 atom stereocenters. The van der Waals surface area contributed by atoms with Gasteiger partial charge in [0, 0.05) is 0 Å². The first-order valence-electron chi connectivity index (χ1n) is 7.72. The summed E-state index contributed by atoms with van der Waals surface area (Å²) >= 11 is 0. The van der Waals surface area contributed by atoms with Crippen molar-refractivity contribution in [1.29, 1.82) is 0 Å². The number of rotatable bonds is 4. The van der Waals surface area contributed by atoms with E-state index in [1.165, 1.54) is 30.4 Å². The van der Waals surface area contributed by atoms with E-state index in [-0.39, 0.29) is 11.9 Å². The summed E-state index contributed by atoms with van der Waals surface area (Å²) in [5, 5.41) is 3.37. The molecule has 0 aromatic heterocycles. The first kappa shape index (κ1) is 14.3. The third-order valence-electron chi connectivity index (χ3n) is 4.65. The molecule has 0 aliphatic heterocycles. The highest BCUT2D eigenvalue weighted by Crippen LogP contribution is 2.37. The van der Waals surface area contributed by atoms with Gasteiger partial charge in [-0.15, -0.1) is 0 Å². The van der Waals surface area contributed by atoms with Crippen LogP contribution in [-0.4, -0.2) is 7.05 Å². The summed E-state index contributed by atoms with van der Waals surface area (Å²) in [5.41, 5.74) is 4.84. The molecule has 0 heterocycles. The summed E-state index contributed by atoms with van der Waals surface area (Å²) in [4.78, 5) is 0. The summed E-state index contributed by atoms with van der Waals surface area (Å²) in [6, 6.07) is 14.0. The Balaban J connectivity index is 1.95. The van der Waals surface area contributed by atoms with Gasteiger partial charge in [-0.25, -0.2) is 4.39 Å². The van der Waals surface area contributed by atoms with E-state index >= 15 is 0 Å². The molecule has 2 aromatic rings. The summed E-state index contributed by atoms with van der Waals surface area (Å²) in [7, 11) is 1.96. The average molecular weight is 283 g/mol. The van der Waals surface area contributed by atoms with Crippen LogP contribution in [0.4, 0.5) is 4.39 Å². The molecule has 1 N–H and O–H groups in total. The maximum atomic E-state index is 13.3. The maximum Gasteiger partial charge on any atom is 0.123 e. The molecular weight excluding hydrogens is 261 g/mol. The van der Waals surface area contributed by atoms with Crippen molar-refractivity contribution >= 4 is 0 Å². The van der Waals surface area contributed by atoms with Gasteiger partial charge in [0.2, 0.25) is 0 Å². The van der Waals surface area contributed by atoms with Gasteiger partial charge in [0.05, 0.1) is 6.04 Å². The number of benzene rings is 2. The summed E-state index contributed by atoms with van der Waals surface area (Å²) < 4.78 is 13.3. The van der Waals surface area contributed by atoms with Crippen LogP contribution in [0.2, 0.25) is 0 Å². The summed E-state index contributed by atoms with van der Waals surface area (Å²) in [6.45, 7) is 1.97. The van der Waals surface area contributed by atoms with Crippen LogP contribution in [0, 0.1) is 12.7 Å². The zero-order valence-corrected chi connectivity index (χ0v) is 12.7. The second-order valence-corrected chi connectivity index (χ2v) is 6.02. The Kier molecular flexibility index (Phi) is 4.07. The average Bonchev–Trinajstić information content (AvgIpc) is 2.40. The highest BCUT2D eigenvalue weighted by Gasteiger charge is 2.21. The summed E-state index contributed by atoms with van der Waals surface area (Å²) in [6.07, 6.45) is 3.97. The molecule has 1 fully saturated rings. The van der Waals surface area contributed by atoms with E-state index in [0.29, 0.717) is 0 Å². The largest absolute Gasteiger partial charge is 0.309 e. The number of halogens is 1. The molecular formula is C19H22FN. The third kappa shape index (κ3) is 2.86. The number of nitrogens with one attached hydrogen (secondary N) is 1. The molecule has 1 aliphatic rings. The fourth-order valence-corrected chi connectivity index (χ4v) is 3.20. The summed E-state index contributed by atoms with van der Waals surface area (Å²) in [5.74, 6) is 0.561. The van der Waals surface area contributed by atoms with Gasteiger partial charge in [-0.2, -0.15) is 0 Å². The van der Waals surface area contributed by atoms with Gasteiger partial charge in [-0.1, -0.05) is 36.8 Å². The van der Waals surface area contributed by atoms with Crippen LogP contribution in [0.3, 0.4) is 0 Å². The van der Waals surface area contributed by atoms with Crippen molar-refractivity contribution in [3.63, 3.8) is 0 Å². The fraction of sp³-hybridized carbons (Fsp3) is 0.368. The highest BCUT2D eigenvalue weighted by molar-refractivity contribution is 5.39. The van der Waals surface area contributed by atoms with E-state index < -0.39 is 0 Å². The molecule has 0 radical (unpaired) electrons. The van der Waals surface area contributed by atoms with Crippen LogP contribution in [0.25, 0.3) is 0 Å². The minimum absolute atomic E-state index is 0.116. The Hall–Kier alpha value is -1.67. The molecule has 1 unspecified atom stereocenters. The second-order valence-electron chi connectivity index (χ2n) is 6.02. The standard InChI is InChI=1S/C19H22FN/c1-13-11-17(20)9-10-18(13)19(21-2)16-8-4-7-15(12-16)14-5-3-6-14/h4,7-12,14,19,21H,3,5-6H2,1-2H3. The normalized spacial score (nSPS) is 16.5. The van der Waals surface area contributed by atoms with Crippen molar-refractivity contribution in [3.05, 3.63) is 70.5 Å². The van der Waals surface area contributed by atoms with Crippen LogP contribution < -0.4 is 5.32 Å². The minimum Gasteiger partial charge on any atom is -0.309 e. The highest BCUT2D eigenvalue weighted by atomic mass is 19.1. The van der Waals surface area contributed by atoms with E-state index in [4.69, 9.17) is 0 Å². The zero-order chi connectivity index (χ0) is 14.8. The molecule has 0 amide bonds. The van der Waals surface area contributed by atoms with Crippen LogP contribution in [-0.2, 0) is 0 Å². The zero-order valence-electron chi connectivity index (χ0n) is 12.7. The molecule has 1 aliphatic carbocycles. The number of hydrogen-bond acceptors (Lipinski definition) is 1. The lowest BCUT2D eigenvalue weighted by Gasteiger charge is -2.27. The van der Waals surface area contributed by atoms with Crippen LogP contribution in [0.1, 0.15) is 53.5 Å². The molecule has 1 saturated carbocycles. The minimum atomic E-state index is -0.172. The Morgan fingerprint density at radius 1 is 1.14 bits per heavy atom. The van der Waals surface area contributed by atoms with Crippen molar-refractivity contribution in [2.24, 2.45) is 0 Å². The maximum absolute atomic E-state index is 13.3. The Labute approximate surface area is 126 Å². The Bertz CT molecular complexity index is 631. The lowest BCUT2D eigenvalue weighted by molar-refractivity contribution is 0.419. The quantitative estimate of drug-likeness (QED) is 0.857. The van der Waals surface area contributed by atoms with E-state index in [1.807, 2.05) is 20.0 Å². The lowest BCUT2D eigenvalue weighted by atomic mass is 9.79. The van der Waals surface area contributed by atoms with E-state index in [0.717, 1.165) is 17.0 Å². The molecule has 21 heavy (non-hydrogen) atoms. The first-order chi connectivity index (χ1) is 10.2. The van der Waals surface area contributed by atoms with Gasteiger partial charge in [-0.05, 0) is 67.1 Å². The van der Waals surface area contributed by atoms with Gasteiger partial charge in [0.25, 0.3) is 0 Å². The molecule has 110 valence electrons. The van der Waals surface area contributed by atoms with Crippen molar-refractivity contribution in [2.75, 3.05) is 7.05 Å². The van der Waals surface area contributed by atoms with Crippen molar-refractivity contribution < 1.29 is 4.39 Å². The van der Waals surface area contributed by atoms with E-state index in [1.54, 1.807) is 12.1 Å². The molecule has 0 saturated heterocycles. The van der Waals surface area contributed by atoms with E-state index in [2.05, 4.69) is 29.6 Å². The number of aryl methyl sites for hydroxylation is 1. The predicted octanol–water partition coefficient (Wildman–Crippen LogP) is 4.71. The molecule has 0 bridgehead atoms. The number of hydrogen-bond donors (Lipinski definition) is 1. The van der Waals surface area contributed by atoms with Crippen LogP contribution in [0.5, 0.6) is 0 Å². The van der Waals surface area contributed by atoms with Gasteiger partial charge in [-0.3, -0.25) is 0 Å². The SMILES string of the molecule is CNC(c1cccc(C2CCC2)c1)c1ccc(F)cc1C. The third-order valence-corrected chi connectivity index (χ3v) is 4.65. The van der Waals surface area contributed by atoms with Gasteiger partial charge >= 0.3 is 0 Å². The predicted molar refractivity (Wildman–Crippen MR) is 85.1 cm³/mol. The monoisotopic (exact) mass is 283 g/mol. The van der Waals surface area contributed by atoms with Gasteiger partial charge in [0.1, 0.15) is 5.82 Å². The van der Waals surface area contributed by atoms with Crippen LogP contribution in [0.15, 0.2) is 42.5 Å². The lowest BCUT2D eigenvalue weighted by Crippen LogP contribution is -2.19. The topological polar surface area (TPSA) is 12.0 Å². The Morgan fingerprint density at radius 2 is 1.95 bits per heavy atom. The fourth-order valence-electron chi connectivity index (χ4n) is 3.20. The molecule has 2 aromatic carbocycles.